The van der Waals surface area contributed by atoms with Crippen molar-refractivity contribution in [2.45, 2.75) is 51.8 Å². The molecule has 1 fully saturated rings. The van der Waals surface area contributed by atoms with Gasteiger partial charge in [0.1, 0.15) is 0 Å². The highest BCUT2D eigenvalue weighted by Gasteiger charge is 2.29. The number of hydrogen-bond acceptors (Lipinski definition) is 3. The van der Waals surface area contributed by atoms with Crippen molar-refractivity contribution in [3.63, 3.8) is 0 Å². The number of amides is 1. The van der Waals surface area contributed by atoms with E-state index in [9.17, 15) is 4.79 Å². The fourth-order valence-corrected chi connectivity index (χ4v) is 1.61. The lowest BCUT2D eigenvalue weighted by Gasteiger charge is -2.34. The summed E-state index contributed by atoms with van der Waals surface area (Å²) in [5.41, 5.74) is 0. The Morgan fingerprint density at radius 3 is 2.47 bits per heavy atom. The van der Waals surface area contributed by atoms with Gasteiger partial charge in [-0.05, 0) is 25.7 Å². The Kier molecular flexibility index (Phi) is 4.54. The molecule has 0 aromatic carbocycles. The van der Waals surface area contributed by atoms with Gasteiger partial charge in [0.05, 0.1) is 12.1 Å². The predicted molar refractivity (Wildman–Crippen MR) is 59.5 cm³/mol. The summed E-state index contributed by atoms with van der Waals surface area (Å²) in [6.45, 7) is 6.72. The van der Waals surface area contributed by atoms with E-state index in [0.29, 0.717) is 12.0 Å². The number of aliphatic hydroxyl groups excluding tert-OH is 1. The van der Waals surface area contributed by atoms with Crippen molar-refractivity contribution in [1.29, 1.82) is 0 Å². The molecule has 15 heavy (non-hydrogen) atoms. The molecule has 4 nitrogen and oxygen atoms in total. The molecule has 1 aliphatic rings. The van der Waals surface area contributed by atoms with Crippen LogP contribution in [0.5, 0.6) is 0 Å². The third-order valence-electron chi connectivity index (χ3n) is 2.68. The quantitative estimate of drug-likeness (QED) is 0.615. The zero-order chi connectivity index (χ0) is 11.4. The Morgan fingerprint density at radius 2 is 2.00 bits per heavy atom. The van der Waals surface area contributed by atoms with Crippen LogP contribution in [-0.2, 0) is 4.79 Å². The number of nitrogens with one attached hydrogen (secondary N) is 2. The van der Waals surface area contributed by atoms with Crippen LogP contribution in [0.25, 0.3) is 0 Å². The van der Waals surface area contributed by atoms with Gasteiger partial charge in [-0.1, -0.05) is 13.8 Å². The summed E-state index contributed by atoms with van der Waals surface area (Å²) in [5.74, 6) is 0.525. The van der Waals surface area contributed by atoms with Gasteiger partial charge >= 0.3 is 0 Å². The largest absolute Gasteiger partial charge is 0.393 e. The number of rotatable bonds is 5. The Balaban J connectivity index is 2.15. The van der Waals surface area contributed by atoms with Gasteiger partial charge in [-0.25, -0.2) is 0 Å². The van der Waals surface area contributed by atoms with Crippen LogP contribution in [-0.4, -0.2) is 35.7 Å². The minimum absolute atomic E-state index is 0.0464. The lowest BCUT2D eigenvalue weighted by atomic mass is 9.89. The second-order valence-corrected chi connectivity index (χ2v) is 4.85. The van der Waals surface area contributed by atoms with Gasteiger partial charge in [-0.3, -0.25) is 4.79 Å². The first-order chi connectivity index (χ1) is 6.99. The maximum absolute atomic E-state index is 11.6. The summed E-state index contributed by atoms with van der Waals surface area (Å²) in [6, 6.07) is 0.140. The summed E-state index contributed by atoms with van der Waals surface area (Å²) >= 11 is 0. The zero-order valence-electron chi connectivity index (χ0n) is 9.79. The number of carbonyl (C=O) groups is 1. The molecule has 1 aliphatic carbocycles. The first-order valence-electron chi connectivity index (χ1n) is 5.71. The van der Waals surface area contributed by atoms with Crippen LogP contribution in [0.4, 0.5) is 0 Å². The van der Waals surface area contributed by atoms with Gasteiger partial charge in [-0.15, -0.1) is 0 Å². The molecule has 0 aliphatic heterocycles. The van der Waals surface area contributed by atoms with Crippen LogP contribution < -0.4 is 10.6 Å². The molecule has 1 rings (SSSR count). The average Bonchev–Trinajstić information content (AvgIpc) is 2.11. The standard InChI is InChI=1S/C11H22N2O2/c1-7(2)6-12-11(15)8(3)13-9-4-10(14)5-9/h7-10,13-14H,4-6H2,1-3H3,(H,12,15). The summed E-state index contributed by atoms with van der Waals surface area (Å²) in [6.07, 6.45) is 1.36. The van der Waals surface area contributed by atoms with Gasteiger partial charge in [-0.2, -0.15) is 0 Å². The molecule has 1 amide bonds. The molecule has 0 aromatic heterocycles. The topological polar surface area (TPSA) is 61.4 Å². The van der Waals surface area contributed by atoms with Gasteiger partial charge in [0.15, 0.2) is 0 Å². The fraction of sp³-hybridized carbons (Fsp3) is 0.909. The second-order valence-electron chi connectivity index (χ2n) is 4.85. The van der Waals surface area contributed by atoms with E-state index in [1.807, 2.05) is 6.92 Å². The molecule has 0 spiro atoms. The van der Waals surface area contributed by atoms with Crippen molar-refractivity contribution in [1.82, 2.24) is 10.6 Å². The summed E-state index contributed by atoms with van der Waals surface area (Å²) < 4.78 is 0. The molecule has 0 heterocycles. The summed E-state index contributed by atoms with van der Waals surface area (Å²) in [7, 11) is 0. The second kappa shape index (κ2) is 5.47. The van der Waals surface area contributed by atoms with E-state index in [-0.39, 0.29) is 18.1 Å². The molecule has 3 N–H and O–H groups in total. The number of hydrogen-bond donors (Lipinski definition) is 3. The van der Waals surface area contributed by atoms with E-state index in [4.69, 9.17) is 5.11 Å². The van der Waals surface area contributed by atoms with Gasteiger partial charge < -0.3 is 15.7 Å². The maximum atomic E-state index is 11.6. The highest BCUT2D eigenvalue weighted by molar-refractivity contribution is 5.81. The molecule has 0 saturated heterocycles. The molecule has 1 unspecified atom stereocenters. The highest BCUT2D eigenvalue weighted by atomic mass is 16.3. The van der Waals surface area contributed by atoms with Crippen LogP contribution in [0.15, 0.2) is 0 Å². The third kappa shape index (κ3) is 4.18. The Morgan fingerprint density at radius 1 is 1.40 bits per heavy atom. The first kappa shape index (κ1) is 12.5. The molecule has 1 saturated carbocycles. The Hall–Kier alpha value is -0.610. The highest BCUT2D eigenvalue weighted by Crippen LogP contribution is 2.19. The Bertz CT molecular complexity index is 213. The molecule has 0 bridgehead atoms. The van der Waals surface area contributed by atoms with Crippen molar-refractivity contribution in [3.05, 3.63) is 0 Å². The fourth-order valence-electron chi connectivity index (χ4n) is 1.61. The van der Waals surface area contributed by atoms with Crippen molar-refractivity contribution in [2.75, 3.05) is 6.54 Å². The van der Waals surface area contributed by atoms with E-state index in [1.165, 1.54) is 0 Å². The van der Waals surface area contributed by atoms with E-state index in [2.05, 4.69) is 24.5 Å². The minimum atomic E-state index is -0.173. The normalized spacial score (nSPS) is 27.3. The van der Waals surface area contributed by atoms with Gasteiger partial charge in [0, 0.05) is 12.6 Å². The number of carbonyl (C=O) groups excluding carboxylic acids is 1. The molecular weight excluding hydrogens is 192 g/mol. The molecule has 88 valence electrons. The zero-order valence-corrected chi connectivity index (χ0v) is 9.79. The van der Waals surface area contributed by atoms with Gasteiger partial charge in [0.2, 0.25) is 5.91 Å². The molecule has 0 aromatic rings. The van der Waals surface area contributed by atoms with Crippen LogP contribution in [0.1, 0.15) is 33.6 Å². The van der Waals surface area contributed by atoms with Gasteiger partial charge in [0.25, 0.3) is 0 Å². The molecule has 1 atom stereocenters. The monoisotopic (exact) mass is 214 g/mol. The minimum Gasteiger partial charge on any atom is -0.393 e. The summed E-state index contributed by atoms with van der Waals surface area (Å²) in [5, 5.41) is 15.2. The van der Waals surface area contributed by atoms with E-state index in [1.54, 1.807) is 0 Å². The van der Waals surface area contributed by atoms with Crippen LogP contribution >= 0.6 is 0 Å². The van der Waals surface area contributed by atoms with Crippen LogP contribution in [0.2, 0.25) is 0 Å². The first-order valence-corrected chi connectivity index (χ1v) is 5.71. The third-order valence-corrected chi connectivity index (χ3v) is 2.68. The average molecular weight is 214 g/mol. The molecule has 4 heteroatoms. The lowest BCUT2D eigenvalue weighted by molar-refractivity contribution is -0.123. The molecule has 0 radical (unpaired) electrons. The Labute approximate surface area is 91.4 Å². The summed E-state index contributed by atoms with van der Waals surface area (Å²) in [4.78, 5) is 11.6. The van der Waals surface area contributed by atoms with E-state index in [0.717, 1.165) is 19.4 Å². The predicted octanol–water partition coefficient (Wildman–Crippen LogP) is 0.260. The maximum Gasteiger partial charge on any atom is 0.236 e. The number of aliphatic hydroxyl groups is 1. The van der Waals surface area contributed by atoms with Crippen molar-refractivity contribution in [2.24, 2.45) is 5.92 Å². The van der Waals surface area contributed by atoms with Crippen molar-refractivity contribution >= 4 is 5.91 Å². The molecular formula is C11H22N2O2. The lowest BCUT2D eigenvalue weighted by Crippen LogP contribution is -2.52. The van der Waals surface area contributed by atoms with Crippen molar-refractivity contribution in [3.8, 4) is 0 Å². The van der Waals surface area contributed by atoms with Crippen molar-refractivity contribution < 1.29 is 9.90 Å². The SMILES string of the molecule is CC(C)CNC(=O)C(C)NC1CC(O)C1. The van der Waals surface area contributed by atoms with Crippen LogP contribution in [0, 0.1) is 5.92 Å². The van der Waals surface area contributed by atoms with E-state index >= 15 is 0 Å². The smallest absolute Gasteiger partial charge is 0.236 e. The van der Waals surface area contributed by atoms with Crippen LogP contribution in [0.3, 0.4) is 0 Å². The van der Waals surface area contributed by atoms with E-state index < -0.39 is 0 Å².